The van der Waals surface area contributed by atoms with Crippen molar-refractivity contribution in [3.8, 4) is 5.75 Å². The first-order valence-electron chi connectivity index (χ1n) is 5.84. The van der Waals surface area contributed by atoms with E-state index in [0.29, 0.717) is 28.8 Å². The lowest BCUT2D eigenvalue weighted by Gasteiger charge is -2.21. The Bertz CT molecular complexity index is 655. The number of anilines is 2. The van der Waals surface area contributed by atoms with Crippen molar-refractivity contribution in [1.82, 2.24) is 0 Å². The van der Waals surface area contributed by atoms with Crippen LogP contribution in [0.25, 0.3) is 0 Å². The molecular formula is C14H12ClN3O. The summed E-state index contributed by atoms with van der Waals surface area (Å²) in [7, 11) is 0. The number of ether oxygens (including phenoxy) is 1. The van der Waals surface area contributed by atoms with Gasteiger partial charge in [0.05, 0.1) is 16.4 Å². The summed E-state index contributed by atoms with van der Waals surface area (Å²) in [6.45, 7) is 0.363. The summed E-state index contributed by atoms with van der Waals surface area (Å²) in [5, 5.41) is 3.82. The highest BCUT2D eigenvalue weighted by atomic mass is 35.5. The van der Waals surface area contributed by atoms with Crippen molar-refractivity contribution in [3.05, 3.63) is 47.5 Å². The highest BCUT2D eigenvalue weighted by Gasteiger charge is 2.14. The minimum Gasteiger partial charge on any atom is -0.483 e. The predicted octanol–water partition coefficient (Wildman–Crippen LogP) is 3.46. The van der Waals surface area contributed by atoms with Crippen LogP contribution in [-0.2, 0) is 0 Å². The van der Waals surface area contributed by atoms with Gasteiger partial charge in [0.15, 0.2) is 0 Å². The highest BCUT2D eigenvalue weighted by molar-refractivity contribution is 6.33. The van der Waals surface area contributed by atoms with Gasteiger partial charge in [0, 0.05) is 11.8 Å². The molecular weight excluding hydrogens is 262 g/mol. The van der Waals surface area contributed by atoms with Gasteiger partial charge in [-0.1, -0.05) is 23.7 Å². The van der Waals surface area contributed by atoms with Crippen molar-refractivity contribution in [2.24, 2.45) is 4.99 Å². The van der Waals surface area contributed by atoms with Gasteiger partial charge in [-0.2, -0.15) is 0 Å². The Balaban J connectivity index is 1.90. The molecule has 0 atom stereocenters. The van der Waals surface area contributed by atoms with Gasteiger partial charge in [0.1, 0.15) is 18.2 Å². The molecule has 0 fully saturated rings. The Hall–Kier alpha value is -2.20. The molecule has 0 spiro atoms. The van der Waals surface area contributed by atoms with Crippen LogP contribution in [0.3, 0.4) is 0 Å². The van der Waals surface area contributed by atoms with E-state index in [1.54, 1.807) is 12.1 Å². The minimum atomic E-state index is 0.363. The van der Waals surface area contributed by atoms with Gasteiger partial charge in [-0.3, -0.25) is 0 Å². The number of fused-ring (bicyclic) bond motifs is 1. The number of para-hydroxylation sites is 1. The van der Waals surface area contributed by atoms with E-state index < -0.39 is 0 Å². The number of aliphatic imine (C=N–C) groups is 1. The van der Waals surface area contributed by atoms with E-state index in [0.717, 1.165) is 11.4 Å². The normalized spacial score (nSPS) is 15.5. The molecule has 0 aromatic heterocycles. The zero-order valence-corrected chi connectivity index (χ0v) is 10.8. The zero-order chi connectivity index (χ0) is 13.2. The third-order valence-corrected chi connectivity index (χ3v) is 3.08. The van der Waals surface area contributed by atoms with Gasteiger partial charge in [-0.05, 0) is 24.3 Å². The number of amidine groups is 1. The topological polar surface area (TPSA) is 59.6 Å². The molecule has 0 amide bonds. The van der Waals surface area contributed by atoms with Crippen LogP contribution < -0.4 is 15.8 Å². The molecule has 2 aromatic rings. The molecule has 1 aliphatic heterocycles. The van der Waals surface area contributed by atoms with Gasteiger partial charge in [0.2, 0.25) is 0 Å². The summed E-state index contributed by atoms with van der Waals surface area (Å²) >= 11 is 6.07. The Labute approximate surface area is 115 Å². The highest BCUT2D eigenvalue weighted by Crippen LogP contribution is 2.31. The Morgan fingerprint density at radius 3 is 2.89 bits per heavy atom. The lowest BCUT2D eigenvalue weighted by Crippen LogP contribution is -2.25. The number of rotatable bonds is 1. The largest absolute Gasteiger partial charge is 0.483 e. The van der Waals surface area contributed by atoms with Gasteiger partial charge in [0.25, 0.3) is 0 Å². The third kappa shape index (κ3) is 2.48. The van der Waals surface area contributed by atoms with Crippen LogP contribution in [0.4, 0.5) is 17.1 Å². The third-order valence-electron chi connectivity index (χ3n) is 2.76. The maximum absolute atomic E-state index is 6.07. The maximum Gasteiger partial charge on any atom is 0.146 e. The minimum absolute atomic E-state index is 0.363. The van der Waals surface area contributed by atoms with Crippen LogP contribution in [0, 0.1) is 0 Å². The van der Waals surface area contributed by atoms with Gasteiger partial charge >= 0.3 is 0 Å². The quantitative estimate of drug-likeness (QED) is 0.782. The van der Waals surface area contributed by atoms with Crippen LogP contribution in [0.1, 0.15) is 0 Å². The molecule has 2 aromatic carbocycles. The molecule has 1 aliphatic rings. The summed E-state index contributed by atoms with van der Waals surface area (Å²) in [5.74, 6) is 1.45. The fourth-order valence-electron chi connectivity index (χ4n) is 1.85. The Morgan fingerprint density at radius 1 is 1.21 bits per heavy atom. The molecule has 3 N–H and O–H groups in total. The molecule has 5 heteroatoms. The van der Waals surface area contributed by atoms with Gasteiger partial charge < -0.3 is 15.8 Å². The van der Waals surface area contributed by atoms with Crippen LogP contribution in [0.5, 0.6) is 5.75 Å². The first-order chi connectivity index (χ1) is 9.22. The molecule has 0 bridgehead atoms. The molecule has 3 rings (SSSR count). The van der Waals surface area contributed by atoms with E-state index in [9.17, 15) is 0 Å². The zero-order valence-electron chi connectivity index (χ0n) is 10.1. The Morgan fingerprint density at radius 2 is 2.05 bits per heavy atom. The van der Waals surface area contributed by atoms with Crippen molar-refractivity contribution >= 4 is 34.5 Å². The van der Waals surface area contributed by atoms with Crippen molar-refractivity contribution in [2.75, 3.05) is 17.7 Å². The number of hydrogen-bond donors (Lipinski definition) is 2. The summed E-state index contributed by atoms with van der Waals surface area (Å²) in [6, 6.07) is 12.9. The van der Waals surface area contributed by atoms with Crippen LogP contribution in [-0.4, -0.2) is 12.4 Å². The lowest BCUT2D eigenvalue weighted by atomic mass is 10.2. The van der Waals surface area contributed by atoms with E-state index in [-0.39, 0.29) is 0 Å². The van der Waals surface area contributed by atoms with Crippen molar-refractivity contribution in [2.45, 2.75) is 0 Å². The monoisotopic (exact) mass is 273 g/mol. The molecule has 1 heterocycles. The molecule has 0 radical (unpaired) electrons. The van der Waals surface area contributed by atoms with Gasteiger partial charge in [-0.25, -0.2) is 4.99 Å². The fraction of sp³-hybridized carbons (Fsp3) is 0.0714. The van der Waals surface area contributed by atoms with Gasteiger partial charge in [-0.15, -0.1) is 0 Å². The van der Waals surface area contributed by atoms with E-state index >= 15 is 0 Å². The summed E-state index contributed by atoms with van der Waals surface area (Å²) in [5.41, 5.74) is 7.95. The average molecular weight is 274 g/mol. The smallest absolute Gasteiger partial charge is 0.146 e. The van der Waals surface area contributed by atoms with Crippen molar-refractivity contribution < 1.29 is 4.74 Å². The number of nitrogens with zero attached hydrogens (tertiary/aromatic N) is 1. The van der Waals surface area contributed by atoms with E-state index in [1.807, 2.05) is 30.3 Å². The second-order valence-corrected chi connectivity index (χ2v) is 4.59. The molecule has 96 valence electrons. The fourth-order valence-corrected chi connectivity index (χ4v) is 2.03. The first kappa shape index (κ1) is 11.9. The lowest BCUT2D eigenvalue weighted by molar-refractivity contribution is 0.372. The van der Waals surface area contributed by atoms with Crippen LogP contribution in [0.2, 0.25) is 5.02 Å². The number of benzene rings is 2. The molecule has 4 nitrogen and oxygen atoms in total. The van der Waals surface area contributed by atoms with E-state index in [4.69, 9.17) is 22.1 Å². The standard InChI is InChI=1S/C14H12ClN3O/c15-10-3-1-2-4-11(10)17-14-8-19-13-7-9(16)5-6-12(13)18-14/h1-7H,8,16H2,(H,17,18). The van der Waals surface area contributed by atoms with Crippen LogP contribution in [0.15, 0.2) is 47.5 Å². The second kappa shape index (κ2) is 4.82. The SMILES string of the molecule is Nc1ccc2c(c1)OCC(=Nc1ccccc1Cl)N2. The number of nitrogens with two attached hydrogens (primary N) is 1. The average Bonchev–Trinajstić information content (AvgIpc) is 2.41. The Kier molecular flexibility index (Phi) is 3.01. The number of nitrogens with one attached hydrogen (secondary N) is 1. The van der Waals surface area contributed by atoms with Crippen molar-refractivity contribution in [3.63, 3.8) is 0 Å². The number of hydrogen-bond acceptors (Lipinski definition) is 3. The molecule has 0 unspecified atom stereocenters. The summed E-state index contributed by atoms with van der Waals surface area (Å²) < 4.78 is 5.61. The molecule has 0 saturated carbocycles. The van der Waals surface area contributed by atoms with Crippen molar-refractivity contribution in [1.29, 1.82) is 0 Å². The first-order valence-corrected chi connectivity index (χ1v) is 6.21. The summed E-state index contributed by atoms with van der Waals surface area (Å²) in [6.07, 6.45) is 0. The predicted molar refractivity (Wildman–Crippen MR) is 78.5 cm³/mol. The molecule has 19 heavy (non-hydrogen) atoms. The summed E-state index contributed by atoms with van der Waals surface area (Å²) in [4.78, 5) is 4.46. The van der Waals surface area contributed by atoms with E-state index in [2.05, 4.69) is 10.3 Å². The number of nitrogen functional groups attached to an aromatic ring is 1. The second-order valence-electron chi connectivity index (χ2n) is 4.18. The molecule has 0 aliphatic carbocycles. The van der Waals surface area contributed by atoms with E-state index in [1.165, 1.54) is 0 Å². The maximum atomic E-state index is 6.07. The molecule has 0 saturated heterocycles. The van der Waals surface area contributed by atoms with Crippen LogP contribution >= 0.6 is 11.6 Å². The number of halogens is 1.